The molecular weight excluding hydrogens is 202 g/mol. The quantitative estimate of drug-likeness (QED) is 0.711. The Morgan fingerprint density at radius 1 is 1.56 bits per heavy atom. The molecule has 2 N–H and O–H groups in total. The molecule has 4 heteroatoms. The second-order valence-electron chi connectivity index (χ2n) is 3.74. The van der Waals surface area contributed by atoms with Crippen LogP contribution in [-0.2, 0) is 4.79 Å². The number of nitrogens with zero attached hydrogens (tertiary/aromatic N) is 1. The molecule has 1 heterocycles. The number of aromatic nitrogens is 1. The van der Waals surface area contributed by atoms with Gasteiger partial charge in [-0.25, -0.2) is 0 Å². The van der Waals surface area contributed by atoms with Crippen LogP contribution in [0.2, 0.25) is 0 Å². The highest BCUT2D eigenvalue weighted by Crippen LogP contribution is 2.09. The van der Waals surface area contributed by atoms with Crippen molar-refractivity contribution >= 4 is 5.91 Å². The molecule has 0 aliphatic rings. The third-order valence-electron chi connectivity index (χ3n) is 2.49. The maximum Gasteiger partial charge on any atom is 0.219 e. The van der Waals surface area contributed by atoms with Gasteiger partial charge in [-0.2, -0.15) is 0 Å². The van der Waals surface area contributed by atoms with Crippen molar-refractivity contribution in [1.82, 2.24) is 15.6 Å². The smallest absolute Gasteiger partial charge is 0.219 e. The van der Waals surface area contributed by atoms with Gasteiger partial charge in [-0.15, -0.1) is 0 Å². The van der Waals surface area contributed by atoms with Gasteiger partial charge >= 0.3 is 0 Å². The van der Waals surface area contributed by atoms with E-state index >= 15 is 0 Å². The van der Waals surface area contributed by atoms with Crippen molar-refractivity contribution in [2.75, 3.05) is 13.6 Å². The number of pyridine rings is 1. The molecule has 0 fully saturated rings. The molecule has 0 aliphatic carbocycles. The zero-order valence-corrected chi connectivity index (χ0v) is 9.86. The van der Waals surface area contributed by atoms with E-state index in [-0.39, 0.29) is 11.9 Å². The van der Waals surface area contributed by atoms with Crippen molar-refractivity contribution in [1.29, 1.82) is 0 Å². The van der Waals surface area contributed by atoms with Crippen LogP contribution in [0.15, 0.2) is 24.5 Å². The minimum atomic E-state index is 0.0934. The SMILES string of the molecule is CNC(=O)CCCNC(C)c1cccnc1. The number of hydrogen-bond donors (Lipinski definition) is 2. The Hall–Kier alpha value is -1.42. The molecule has 0 saturated carbocycles. The lowest BCUT2D eigenvalue weighted by molar-refractivity contribution is -0.120. The Morgan fingerprint density at radius 3 is 3.00 bits per heavy atom. The minimum Gasteiger partial charge on any atom is -0.359 e. The lowest BCUT2D eigenvalue weighted by Gasteiger charge is -2.13. The van der Waals surface area contributed by atoms with Gasteiger partial charge in [0.05, 0.1) is 0 Å². The van der Waals surface area contributed by atoms with E-state index in [4.69, 9.17) is 0 Å². The summed E-state index contributed by atoms with van der Waals surface area (Å²) in [5, 5.41) is 5.97. The van der Waals surface area contributed by atoms with Gasteiger partial charge in [0.2, 0.25) is 5.91 Å². The van der Waals surface area contributed by atoms with E-state index in [2.05, 4.69) is 22.5 Å². The number of nitrogens with one attached hydrogen (secondary N) is 2. The second-order valence-corrected chi connectivity index (χ2v) is 3.74. The highest BCUT2D eigenvalue weighted by molar-refractivity contribution is 5.75. The van der Waals surface area contributed by atoms with E-state index in [9.17, 15) is 4.79 Å². The highest BCUT2D eigenvalue weighted by atomic mass is 16.1. The van der Waals surface area contributed by atoms with Gasteiger partial charge in [0, 0.05) is 31.9 Å². The Kier molecular flexibility index (Phi) is 5.50. The van der Waals surface area contributed by atoms with Gasteiger partial charge in [-0.1, -0.05) is 6.07 Å². The Bertz CT molecular complexity index is 313. The fourth-order valence-electron chi connectivity index (χ4n) is 1.44. The van der Waals surface area contributed by atoms with Crippen LogP contribution in [-0.4, -0.2) is 24.5 Å². The first-order chi connectivity index (χ1) is 7.74. The highest BCUT2D eigenvalue weighted by Gasteiger charge is 2.04. The molecule has 1 atom stereocenters. The first-order valence-electron chi connectivity index (χ1n) is 5.58. The molecule has 1 unspecified atom stereocenters. The molecule has 0 aromatic carbocycles. The van der Waals surface area contributed by atoms with Crippen LogP contribution >= 0.6 is 0 Å². The van der Waals surface area contributed by atoms with Gasteiger partial charge in [0.15, 0.2) is 0 Å². The van der Waals surface area contributed by atoms with Crippen LogP contribution in [0.25, 0.3) is 0 Å². The van der Waals surface area contributed by atoms with E-state index < -0.39 is 0 Å². The normalized spacial score (nSPS) is 12.1. The summed E-state index contributed by atoms with van der Waals surface area (Å²) in [5.41, 5.74) is 1.17. The summed E-state index contributed by atoms with van der Waals surface area (Å²) in [4.78, 5) is 15.0. The van der Waals surface area contributed by atoms with E-state index in [0.717, 1.165) is 13.0 Å². The van der Waals surface area contributed by atoms with Crippen LogP contribution < -0.4 is 10.6 Å². The summed E-state index contributed by atoms with van der Waals surface area (Å²) < 4.78 is 0. The number of hydrogen-bond acceptors (Lipinski definition) is 3. The van der Waals surface area contributed by atoms with Gasteiger partial charge in [-0.05, 0) is 31.5 Å². The van der Waals surface area contributed by atoms with Gasteiger partial charge in [0.1, 0.15) is 0 Å². The summed E-state index contributed by atoms with van der Waals surface area (Å²) in [6.07, 6.45) is 5.05. The predicted molar refractivity (Wildman–Crippen MR) is 64.0 cm³/mol. The largest absolute Gasteiger partial charge is 0.359 e. The summed E-state index contributed by atoms with van der Waals surface area (Å²) in [6, 6.07) is 4.25. The molecule has 0 bridgehead atoms. The van der Waals surface area contributed by atoms with E-state index in [1.807, 2.05) is 18.3 Å². The van der Waals surface area contributed by atoms with E-state index in [1.54, 1.807) is 13.2 Å². The standard InChI is InChI=1S/C12H19N3O/c1-10(11-5-3-7-14-9-11)15-8-4-6-12(16)13-2/h3,5,7,9-10,15H,4,6,8H2,1-2H3,(H,13,16). The molecule has 16 heavy (non-hydrogen) atoms. The average Bonchev–Trinajstić information content (AvgIpc) is 2.35. The van der Waals surface area contributed by atoms with E-state index in [1.165, 1.54) is 5.56 Å². The summed E-state index contributed by atoms with van der Waals surface area (Å²) in [5.74, 6) is 0.0934. The monoisotopic (exact) mass is 221 g/mol. The van der Waals surface area contributed by atoms with Crippen molar-refractivity contribution < 1.29 is 4.79 Å². The maximum absolute atomic E-state index is 11.0. The molecule has 1 rings (SSSR count). The Labute approximate surface area is 96.5 Å². The van der Waals surface area contributed by atoms with Gasteiger partial charge < -0.3 is 10.6 Å². The second kappa shape index (κ2) is 6.95. The van der Waals surface area contributed by atoms with Crippen molar-refractivity contribution in [3.8, 4) is 0 Å². The molecule has 4 nitrogen and oxygen atoms in total. The van der Waals surface area contributed by atoms with Crippen molar-refractivity contribution in [3.63, 3.8) is 0 Å². The third kappa shape index (κ3) is 4.40. The van der Waals surface area contributed by atoms with Crippen LogP contribution in [0.4, 0.5) is 0 Å². The zero-order valence-electron chi connectivity index (χ0n) is 9.86. The number of carbonyl (C=O) groups excluding carboxylic acids is 1. The number of carbonyl (C=O) groups is 1. The first kappa shape index (κ1) is 12.6. The topological polar surface area (TPSA) is 54.0 Å². The Balaban J connectivity index is 2.21. The Morgan fingerprint density at radius 2 is 2.38 bits per heavy atom. The maximum atomic E-state index is 11.0. The minimum absolute atomic E-state index is 0.0934. The van der Waals surface area contributed by atoms with Crippen molar-refractivity contribution in [3.05, 3.63) is 30.1 Å². The molecule has 0 radical (unpaired) electrons. The number of amides is 1. The molecule has 0 spiro atoms. The molecule has 88 valence electrons. The molecule has 0 aliphatic heterocycles. The average molecular weight is 221 g/mol. The van der Waals surface area contributed by atoms with Gasteiger partial charge in [0.25, 0.3) is 0 Å². The molecule has 1 aromatic rings. The fourth-order valence-corrected chi connectivity index (χ4v) is 1.44. The first-order valence-corrected chi connectivity index (χ1v) is 5.58. The molecule has 1 amide bonds. The van der Waals surface area contributed by atoms with Crippen molar-refractivity contribution in [2.45, 2.75) is 25.8 Å². The van der Waals surface area contributed by atoms with Crippen LogP contribution in [0.1, 0.15) is 31.4 Å². The summed E-state index contributed by atoms with van der Waals surface area (Å²) in [6.45, 7) is 2.93. The fraction of sp³-hybridized carbons (Fsp3) is 0.500. The summed E-state index contributed by atoms with van der Waals surface area (Å²) in [7, 11) is 1.66. The van der Waals surface area contributed by atoms with Crippen LogP contribution in [0.5, 0.6) is 0 Å². The van der Waals surface area contributed by atoms with Crippen LogP contribution in [0.3, 0.4) is 0 Å². The lowest BCUT2D eigenvalue weighted by atomic mass is 10.1. The zero-order chi connectivity index (χ0) is 11.8. The third-order valence-corrected chi connectivity index (χ3v) is 2.49. The molecule has 0 saturated heterocycles. The summed E-state index contributed by atoms with van der Waals surface area (Å²) >= 11 is 0. The van der Waals surface area contributed by atoms with Gasteiger partial charge in [-0.3, -0.25) is 9.78 Å². The number of rotatable bonds is 6. The molecule has 1 aromatic heterocycles. The van der Waals surface area contributed by atoms with E-state index in [0.29, 0.717) is 6.42 Å². The lowest BCUT2D eigenvalue weighted by Crippen LogP contribution is -2.23. The molecular formula is C12H19N3O. The van der Waals surface area contributed by atoms with Crippen molar-refractivity contribution in [2.24, 2.45) is 0 Å². The van der Waals surface area contributed by atoms with Crippen LogP contribution in [0, 0.1) is 0 Å². The predicted octanol–water partition coefficient (Wildman–Crippen LogP) is 1.26.